The van der Waals surface area contributed by atoms with E-state index in [0.29, 0.717) is 6.54 Å². The molecule has 1 unspecified atom stereocenters. The molecule has 9 heteroatoms. The fourth-order valence-electron chi connectivity index (χ4n) is 2.57. The average molecular weight is 369 g/mol. The third kappa shape index (κ3) is 2.93. The van der Waals surface area contributed by atoms with Crippen LogP contribution < -0.4 is 10.4 Å². The van der Waals surface area contributed by atoms with Gasteiger partial charge >= 0.3 is 11.9 Å². The van der Waals surface area contributed by atoms with Crippen molar-refractivity contribution in [3.8, 4) is 0 Å². The quantitative estimate of drug-likeness (QED) is 0.600. The van der Waals surface area contributed by atoms with E-state index in [-0.39, 0.29) is 28.1 Å². The van der Waals surface area contributed by atoms with Crippen molar-refractivity contribution in [2.45, 2.75) is 13.0 Å². The monoisotopic (exact) mass is 368 g/mol. The topological polar surface area (TPSA) is 77.6 Å². The molecule has 0 saturated carbocycles. The molecule has 0 spiro atoms. The molecule has 132 valence electrons. The molecule has 2 aromatic rings. The summed E-state index contributed by atoms with van der Waals surface area (Å²) in [6.07, 6.45) is 1.26. The van der Waals surface area contributed by atoms with Gasteiger partial charge in [0.25, 0.3) is 0 Å². The zero-order chi connectivity index (χ0) is 18.3. The normalized spacial score (nSPS) is 16.0. The Morgan fingerprint density at radius 3 is 2.76 bits per heavy atom. The van der Waals surface area contributed by atoms with Crippen molar-refractivity contribution in [2.24, 2.45) is 0 Å². The highest BCUT2D eigenvalue weighted by Gasteiger charge is 2.43. The lowest BCUT2D eigenvalue weighted by molar-refractivity contribution is -0.139. The highest BCUT2D eigenvalue weighted by Crippen LogP contribution is 2.26. The summed E-state index contributed by atoms with van der Waals surface area (Å²) in [5, 5.41) is 1.34. The van der Waals surface area contributed by atoms with E-state index in [0.717, 1.165) is 6.07 Å². The van der Waals surface area contributed by atoms with Gasteiger partial charge in [-0.3, -0.25) is 14.5 Å². The molecule has 0 bridgehead atoms. The number of aromatic nitrogens is 1. The zero-order valence-electron chi connectivity index (χ0n) is 13.4. The van der Waals surface area contributed by atoms with Crippen LogP contribution in [0.25, 0.3) is 10.9 Å². The first kappa shape index (κ1) is 17.2. The van der Waals surface area contributed by atoms with Gasteiger partial charge in [0.05, 0.1) is 36.2 Å². The van der Waals surface area contributed by atoms with Gasteiger partial charge in [-0.1, -0.05) is 11.6 Å². The highest BCUT2D eigenvalue weighted by atomic mass is 35.5. The summed E-state index contributed by atoms with van der Waals surface area (Å²) in [5.41, 5.74) is -0.654. The van der Waals surface area contributed by atoms with Crippen LogP contribution in [0.1, 0.15) is 17.3 Å². The maximum atomic E-state index is 13.8. The molecule has 1 aromatic heterocycles. The van der Waals surface area contributed by atoms with Gasteiger partial charge in [0.1, 0.15) is 11.4 Å². The van der Waals surface area contributed by atoms with Gasteiger partial charge in [-0.05, 0) is 19.1 Å². The van der Waals surface area contributed by atoms with Crippen molar-refractivity contribution >= 4 is 34.4 Å². The first-order chi connectivity index (χ1) is 11.9. The molecule has 2 heterocycles. The Labute approximate surface area is 146 Å². The van der Waals surface area contributed by atoms with E-state index in [1.54, 1.807) is 11.9 Å². The Bertz CT molecular complexity index is 942. The predicted molar refractivity (Wildman–Crippen MR) is 88.0 cm³/mol. The number of esters is 2. The third-order valence-corrected chi connectivity index (χ3v) is 4.15. The van der Waals surface area contributed by atoms with Gasteiger partial charge in [-0.15, -0.1) is 0 Å². The highest BCUT2D eigenvalue weighted by molar-refractivity contribution is 6.31. The van der Waals surface area contributed by atoms with Gasteiger partial charge in [0.2, 0.25) is 5.43 Å². The number of benzene rings is 1. The van der Waals surface area contributed by atoms with E-state index < -0.39 is 29.2 Å². The van der Waals surface area contributed by atoms with Gasteiger partial charge in [-0.25, -0.2) is 14.0 Å². The summed E-state index contributed by atoms with van der Waals surface area (Å²) in [4.78, 5) is 36.3. The van der Waals surface area contributed by atoms with Gasteiger partial charge in [-0.2, -0.15) is 0 Å². The lowest BCUT2D eigenvalue weighted by Crippen LogP contribution is -2.27. The van der Waals surface area contributed by atoms with Crippen LogP contribution in [0.15, 0.2) is 23.1 Å². The summed E-state index contributed by atoms with van der Waals surface area (Å²) in [6.45, 7) is 2.01. The standard InChI is InChI=1S/C16H14ClFN2O5/c1-3-25-15(22)9-6-19(20-7-13(20)16(23)24-2)12-5-10(17)11(18)4-8(12)14(9)21/h4-6,13H,3,7H2,1-2H3. The second kappa shape index (κ2) is 6.36. The van der Waals surface area contributed by atoms with Crippen LogP contribution in [0.2, 0.25) is 5.02 Å². The molecule has 1 atom stereocenters. The van der Waals surface area contributed by atoms with Gasteiger partial charge < -0.3 is 9.47 Å². The summed E-state index contributed by atoms with van der Waals surface area (Å²) >= 11 is 5.82. The number of methoxy groups -OCH3 is 1. The SMILES string of the molecule is CCOC(=O)c1cn(N2CC2C(=O)OC)c2cc(Cl)c(F)cc2c1=O. The molecule has 0 N–H and O–H groups in total. The van der Waals surface area contributed by atoms with E-state index in [2.05, 4.69) is 4.74 Å². The fourth-order valence-corrected chi connectivity index (χ4v) is 2.73. The molecule has 25 heavy (non-hydrogen) atoms. The molecule has 0 amide bonds. The van der Waals surface area contributed by atoms with Gasteiger partial charge in [0.15, 0.2) is 6.04 Å². The summed E-state index contributed by atoms with van der Waals surface area (Å²) in [5.74, 6) is -2.07. The van der Waals surface area contributed by atoms with Crippen LogP contribution in [0.3, 0.4) is 0 Å². The van der Waals surface area contributed by atoms with Crippen molar-refractivity contribution < 1.29 is 23.5 Å². The van der Waals surface area contributed by atoms with Crippen molar-refractivity contribution in [1.82, 2.24) is 4.68 Å². The van der Waals surface area contributed by atoms with Gasteiger partial charge in [0, 0.05) is 6.20 Å². The minimum atomic E-state index is -0.824. The maximum Gasteiger partial charge on any atom is 0.343 e. The number of fused-ring (bicyclic) bond motifs is 1. The number of carbonyl (C=O) groups is 2. The first-order valence-corrected chi connectivity index (χ1v) is 7.83. The lowest BCUT2D eigenvalue weighted by Gasteiger charge is -2.15. The molecule has 7 nitrogen and oxygen atoms in total. The van der Waals surface area contributed by atoms with Crippen molar-refractivity contribution in [2.75, 3.05) is 25.3 Å². The number of rotatable bonds is 4. The van der Waals surface area contributed by atoms with E-state index >= 15 is 0 Å². The van der Waals surface area contributed by atoms with Crippen LogP contribution in [0.5, 0.6) is 0 Å². The molecule has 0 radical (unpaired) electrons. The second-order valence-electron chi connectivity index (χ2n) is 5.38. The van der Waals surface area contributed by atoms with Crippen LogP contribution >= 0.6 is 11.6 Å². The summed E-state index contributed by atoms with van der Waals surface area (Å²) < 4.78 is 24.8. The van der Waals surface area contributed by atoms with Crippen LogP contribution in [0.4, 0.5) is 4.39 Å². The fraction of sp³-hybridized carbons (Fsp3) is 0.312. The van der Waals surface area contributed by atoms with Crippen molar-refractivity contribution in [3.05, 3.63) is 45.0 Å². The Morgan fingerprint density at radius 1 is 1.40 bits per heavy atom. The number of ether oxygens (including phenoxy) is 2. The van der Waals surface area contributed by atoms with Crippen molar-refractivity contribution in [1.29, 1.82) is 0 Å². The van der Waals surface area contributed by atoms with Crippen LogP contribution in [-0.2, 0) is 14.3 Å². The van der Waals surface area contributed by atoms with Crippen LogP contribution in [-0.4, -0.2) is 42.9 Å². The Balaban J connectivity index is 2.22. The zero-order valence-corrected chi connectivity index (χ0v) is 14.2. The minimum Gasteiger partial charge on any atom is -0.467 e. The number of hydrogen-bond donors (Lipinski definition) is 0. The summed E-state index contributed by atoms with van der Waals surface area (Å²) in [7, 11) is 1.26. The summed E-state index contributed by atoms with van der Waals surface area (Å²) in [6, 6.07) is 1.68. The van der Waals surface area contributed by atoms with Crippen molar-refractivity contribution in [3.63, 3.8) is 0 Å². The Hall–Kier alpha value is -2.61. The molecular formula is C16H14ClFN2O5. The molecule has 0 aliphatic carbocycles. The molecule has 1 aromatic carbocycles. The largest absolute Gasteiger partial charge is 0.467 e. The molecule has 1 fully saturated rings. The third-order valence-electron chi connectivity index (χ3n) is 3.86. The Kier molecular flexibility index (Phi) is 4.38. The molecule has 1 aliphatic rings. The Morgan fingerprint density at radius 2 is 2.12 bits per heavy atom. The second-order valence-corrected chi connectivity index (χ2v) is 5.79. The molecule has 1 saturated heterocycles. The van der Waals surface area contributed by atoms with E-state index in [9.17, 15) is 18.8 Å². The van der Waals surface area contributed by atoms with E-state index in [1.165, 1.54) is 24.0 Å². The maximum absolute atomic E-state index is 13.8. The average Bonchev–Trinajstić information content (AvgIpc) is 3.37. The first-order valence-electron chi connectivity index (χ1n) is 7.45. The van der Waals surface area contributed by atoms with Crippen LogP contribution in [0, 0.1) is 5.82 Å². The minimum absolute atomic E-state index is 0.0389. The number of hydrogen-bond acceptors (Lipinski definition) is 6. The molecule has 3 rings (SSSR count). The number of pyridine rings is 1. The molecular weight excluding hydrogens is 355 g/mol. The lowest BCUT2D eigenvalue weighted by atomic mass is 10.1. The predicted octanol–water partition coefficient (Wildman–Crippen LogP) is 1.46. The number of carbonyl (C=O) groups excluding carboxylic acids is 2. The van der Waals surface area contributed by atoms with E-state index in [1.807, 2.05) is 0 Å². The molecule has 1 aliphatic heterocycles. The smallest absolute Gasteiger partial charge is 0.343 e. The van der Waals surface area contributed by atoms with E-state index in [4.69, 9.17) is 16.3 Å². The number of halogens is 2. The number of nitrogens with zero attached hydrogens (tertiary/aromatic N) is 2.